The van der Waals surface area contributed by atoms with Crippen LogP contribution in [0, 0.1) is 0 Å². The summed E-state index contributed by atoms with van der Waals surface area (Å²) in [6, 6.07) is 2.11. The average molecular weight is 426 g/mol. The Hall–Kier alpha value is -1.17. The fourth-order valence-electron chi connectivity index (χ4n) is 4.03. The van der Waals surface area contributed by atoms with E-state index in [2.05, 4.69) is 37.5 Å². The molecule has 4 heterocycles. The zero-order chi connectivity index (χ0) is 19.7. The number of nitrogens with one attached hydrogen (secondary N) is 1. The van der Waals surface area contributed by atoms with Gasteiger partial charge in [-0.1, -0.05) is 0 Å². The Morgan fingerprint density at radius 3 is 2.93 bits per heavy atom. The molecule has 8 nitrogen and oxygen atoms in total. The van der Waals surface area contributed by atoms with Gasteiger partial charge in [-0.05, 0) is 26.3 Å². The lowest BCUT2D eigenvalue weighted by Gasteiger charge is -2.41. The lowest BCUT2D eigenvalue weighted by atomic mass is 10.2. The van der Waals surface area contributed by atoms with E-state index in [1.165, 1.54) is 4.88 Å². The first kappa shape index (κ1) is 20.1. The number of hydrogen-bond donors (Lipinski definition) is 1. The molecule has 0 radical (unpaired) electrons. The molecule has 28 heavy (non-hydrogen) atoms. The summed E-state index contributed by atoms with van der Waals surface area (Å²) in [5.41, 5.74) is 0.962. The van der Waals surface area contributed by atoms with Crippen molar-refractivity contribution in [3.8, 4) is 0 Å². The number of hydrogen-bond acceptors (Lipinski definition) is 8. The van der Waals surface area contributed by atoms with Crippen molar-refractivity contribution in [1.29, 1.82) is 0 Å². The largest absolute Gasteiger partial charge is 0.376 e. The van der Waals surface area contributed by atoms with Crippen molar-refractivity contribution in [1.82, 2.24) is 24.5 Å². The Balaban J connectivity index is 1.60. The highest BCUT2D eigenvalue weighted by atomic mass is 32.2. The van der Waals surface area contributed by atoms with Crippen LogP contribution in [0.1, 0.15) is 31.3 Å². The molecule has 0 saturated carbocycles. The number of fused-ring (bicyclic) bond motifs is 1. The first-order valence-electron chi connectivity index (χ1n) is 9.74. The molecule has 2 saturated heterocycles. The smallest absolute Gasteiger partial charge is 0.211 e. The molecule has 0 bridgehead atoms. The van der Waals surface area contributed by atoms with Crippen LogP contribution in [0.4, 0.5) is 0 Å². The molecule has 2 fully saturated rings. The van der Waals surface area contributed by atoms with Gasteiger partial charge in [0, 0.05) is 43.3 Å². The predicted molar refractivity (Wildman–Crippen MR) is 110 cm³/mol. The van der Waals surface area contributed by atoms with Crippen molar-refractivity contribution in [3.63, 3.8) is 0 Å². The number of aromatic nitrogens is 2. The lowest BCUT2D eigenvalue weighted by molar-refractivity contribution is -0.0644. The van der Waals surface area contributed by atoms with Crippen LogP contribution in [-0.2, 0) is 14.8 Å². The Morgan fingerprint density at radius 2 is 2.18 bits per heavy atom. The minimum Gasteiger partial charge on any atom is -0.376 e. The van der Waals surface area contributed by atoms with Gasteiger partial charge in [0.1, 0.15) is 6.33 Å². The van der Waals surface area contributed by atoms with Gasteiger partial charge in [0.25, 0.3) is 0 Å². The summed E-state index contributed by atoms with van der Waals surface area (Å²) >= 11 is 1.72. The van der Waals surface area contributed by atoms with Gasteiger partial charge >= 0.3 is 0 Å². The van der Waals surface area contributed by atoms with Gasteiger partial charge in [-0.2, -0.15) is 0 Å². The molecule has 2 aromatic rings. The number of rotatable bonds is 6. The first-order chi connectivity index (χ1) is 13.4. The third kappa shape index (κ3) is 4.37. The SMILES string of the molecule is CCS(=O)(=O)NC1CCN(C(c2cc3ncncc3s2)N2CCOC(C)C2)C1. The monoisotopic (exact) mass is 425 g/mol. The number of nitrogens with zero attached hydrogens (tertiary/aromatic N) is 4. The Labute approximate surface area is 170 Å². The molecule has 3 unspecified atom stereocenters. The molecule has 2 aliphatic rings. The second-order valence-corrected chi connectivity index (χ2v) is 10.6. The number of morpholine rings is 1. The summed E-state index contributed by atoms with van der Waals surface area (Å²) in [5.74, 6) is 0.114. The third-order valence-corrected chi connectivity index (χ3v) is 7.93. The molecule has 0 aliphatic carbocycles. The molecule has 10 heteroatoms. The molecule has 0 spiro atoms. The molecule has 3 atom stereocenters. The average Bonchev–Trinajstić information content (AvgIpc) is 3.28. The zero-order valence-corrected chi connectivity index (χ0v) is 17.9. The van der Waals surface area contributed by atoms with Crippen LogP contribution in [0.3, 0.4) is 0 Å². The van der Waals surface area contributed by atoms with Gasteiger partial charge in [-0.15, -0.1) is 11.3 Å². The molecule has 0 amide bonds. The molecule has 1 N–H and O–H groups in total. The summed E-state index contributed by atoms with van der Waals surface area (Å²) in [4.78, 5) is 14.6. The number of ether oxygens (including phenoxy) is 1. The van der Waals surface area contributed by atoms with Gasteiger partial charge in [-0.3, -0.25) is 9.80 Å². The van der Waals surface area contributed by atoms with Crippen molar-refractivity contribution in [2.24, 2.45) is 0 Å². The minimum absolute atomic E-state index is 0.0416. The summed E-state index contributed by atoms with van der Waals surface area (Å²) in [7, 11) is -3.20. The van der Waals surface area contributed by atoms with Crippen molar-refractivity contribution in [3.05, 3.63) is 23.5 Å². The van der Waals surface area contributed by atoms with Crippen molar-refractivity contribution >= 4 is 31.6 Å². The number of sulfonamides is 1. The highest BCUT2D eigenvalue weighted by Gasteiger charge is 2.36. The topological polar surface area (TPSA) is 87.7 Å². The van der Waals surface area contributed by atoms with Gasteiger partial charge in [-0.25, -0.2) is 23.1 Å². The normalized spacial score (nSPS) is 26.1. The summed E-state index contributed by atoms with van der Waals surface area (Å²) in [5, 5.41) is 0. The summed E-state index contributed by atoms with van der Waals surface area (Å²) in [6.45, 7) is 7.75. The second kappa shape index (κ2) is 8.29. The minimum atomic E-state index is -3.20. The molecule has 154 valence electrons. The van der Waals surface area contributed by atoms with Gasteiger partial charge in [0.2, 0.25) is 10.0 Å². The first-order valence-corrected chi connectivity index (χ1v) is 12.2. The van der Waals surface area contributed by atoms with Crippen LogP contribution < -0.4 is 4.72 Å². The predicted octanol–water partition coefficient (Wildman–Crippen LogP) is 1.42. The van der Waals surface area contributed by atoms with E-state index in [1.54, 1.807) is 24.6 Å². The number of likely N-dealkylation sites (tertiary alicyclic amines) is 1. The molecule has 2 aliphatic heterocycles. The molecule has 0 aromatic carbocycles. The standard InChI is InChI=1S/C18H27N5O3S2/c1-3-28(24,25)21-14-4-5-22(11-14)18(23-6-7-26-13(2)10-23)16-8-15-17(27-16)9-19-12-20-15/h8-9,12-14,18,21H,3-7,10-11H2,1-2H3. The van der Waals surface area contributed by atoms with Crippen LogP contribution in [0.2, 0.25) is 0 Å². The highest BCUT2D eigenvalue weighted by Crippen LogP contribution is 2.36. The van der Waals surface area contributed by atoms with Crippen LogP contribution in [0.25, 0.3) is 10.2 Å². The van der Waals surface area contributed by atoms with E-state index in [1.807, 2.05) is 6.20 Å². The fourth-order valence-corrected chi connectivity index (χ4v) is 6.06. The Kier molecular flexibility index (Phi) is 5.96. The lowest BCUT2D eigenvalue weighted by Crippen LogP contribution is -2.49. The molecule has 2 aromatic heterocycles. The van der Waals surface area contributed by atoms with Crippen LogP contribution in [-0.4, -0.2) is 78.9 Å². The van der Waals surface area contributed by atoms with E-state index in [0.29, 0.717) is 13.2 Å². The Bertz CT molecular complexity index is 886. The van der Waals surface area contributed by atoms with Gasteiger partial charge in [0.05, 0.1) is 34.8 Å². The van der Waals surface area contributed by atoms with E-state index in [-0.39, 0.29) is 24.1 Å². The van der Waals surface area contributed by atoms with E-state index >= 15 is 0 Å². The quantitative estimate of drug-likeness (QED) is 0.749. The maximum absolute atomic E-state index is 12.0. The second-order valence-electron chi connectivity index (χ2n) is 7.47. The maximum Gasteiger partial charge on any atom is 0.211 e. The summed E-state index contributed by atoms with van der Waals surface area (Å²) in [6.07, 6.45) is 4.54. The van der Waals surface area contributed by atoms with E-state index in [0.717, 1.165) is 36.3 Å². The van der Waals surface area contributed by atoms with Crippen molar-refractivity contribution in [2.75, 3.05) is 38.5 Å². The maximum atomic E-state index is 12.0. The van der Waals surface area contributed by atoms with Gasteiger partial charge in [0.15, 0.2) is 0 Å². The zero-order valence-electron chi connectivity index (χ0n) is 16.2. The fraction of sp³-hybridized carbons (Fsp3) is 0.667. The van der Waals surface area contributed by atoms with Crippen molar-refractivity contribution < 1.29 is 13.2 Å². The van der Waals surface area contributed by atoms with E-state index < -0.39 is 10.0 Å². The van der Waals surface area contributed by atoms with Gasteiger partial charge < -0.3 is 4.74 Å². The summed E-state index contributed by atoms with van der Waals surface area (Å²) < 4.78 is 33.7. The van der Waals surface area contributed by atoms with E-state index in [4.69, 9.17) is 4.74 Å². The van der Waals surface area contributed by atoms with Crippen LogP contribution >= 0.6 is 11.3 Å². The van der Waals surface area contributed by atoms with E-state index in [9.17, 15) is 8.42 Å². The third-order valence-electron chi connectivity index (χ3n) is 5.38. The van der Waals surface area contributed by atoms with Crippen LogP contribution in [0.15, 0.2) is 18.6 Å². The number of thiophene rings is 1. The van der Waals surface area contributed by atoms with Crippen molar-refractivity contribution in [2.45, 2.75) is 38.6 Å². The van der Waals surface area contributed by atoms with Crippen LogP contribution in [0.5, 0.6) is 0 Å². The molecular formula is C18H27N5O3S2. The molecular weight excluding hydrogens is 398 g/mol. The molecule has 4 rings (SSSR count). The Morgan fingerprint density at radius 1 is 1.36 bits per heavy atom. The highest BCUT2D eigenvalue weighted by molar-refractivity contribution is 7.89.